The third kappa shape index (κ3) is 6.37. The van der Waals surface area contributed by atoms with Gasteiger partial charge in [-0.2, -0.15) is 0 Å². The minimum Gasteiger partial charge on any atom is -0.494 e. The Morgan fingerprint density at radius 2 is 1.38 bits per heavy atom. The van der Waals surface area contributed by atoms with E-state index in [9.17, 15) is 13.2 Å². The molecular formula is C30H30N2O4S. The number of nitrogens with one attached hydrogen (secondary N) is 1. The number of hydrogen-bond acceptors (Lipinski definition) is 4. The second-order valence-electron chi connectivity index (χ2n) is 8.57. The largest absolute Gasteiger partial charge is 0.494 e. The predicted octanol–water partition coefficient (Wildman–Crippen LogP) is 5.49. The highest BCUT2D eigenvalue weighted by Crippen LogP contribution is 2.26. The van der Waals surface area contributed by atoms with Crippen molar-refractivity contribution in [2.45, 2.75) is 24.8 Å². The highest BCUT2D eigenvalue weighted by molar-refractivity contribution is 7.92. The molecule has 1 amide bonds. The molecule has 6 nitrogen and oxygen atoms in total. The quantitative estimate of drug-likeness (QED) is 0.303. The lowest BCUT2D eigenvalue weighted by Gasteiger charge is -2.26. The van der Waals surface area contributed by atoms with Gasteiger partial charge in [0.05, 0.1) is 23.2 Å². The molecule has 0 saturated carbocycles. The van der Waals surface area contributed by atoms with Crippen molar-refractivity contribution in [3.05, 3.63) is 126 Å². The fraction of sp³-hybridized carbons (Fsp3) is 0.167. The SMILES string of the molecule is CCOc1ccc(S(=O)(=O)N(CC(=O)N[C@H](c2ccccc2)c2ccc(C)cc2)c2ccccc2)cc1. The Hall–Kier alpha value is -4.10. The van der Waals surface area contributed by atoms with E-state index < -0.39 is 22.0 Å². The van der Waals surface area contributed by atoms with Gasteiger partial charge in [0.15, 0.2) is 0 Å². The van der Waals surface area contributed by atoms with Crippen LogP contribution in [0.15, 0.2) is 114 Å². The molecule has 0 aliphatic carbocycles. The third-order valence-corrected chi connectivity index (χ3v) is 7.69. The van der Waals surface area contributed by atoms with Gasteiger partial charge < -0.3 is 10.1 Å². The summed E-state index contributed by atoms with van der Waals surface area (Å²) in [5.74, 6) is 0.155. The summed E-state index contributed by atoms with van der Waals surface area (Å²) in [6.45, 7) is 3.96. The van der Waals surface area contributed by atoms with Crippen molar-refractivity contribution < 1.29 is 17.9 Å². The van der Waals surface area contributed by atoms with Crippen molar-refractivity contribution in [1.82, 2.24) is 5.32 Å². The summed E-state index contributed by atoms with van der Waals surface area (Å²) in [5, 5.41) is 3.05. The maximum absolute atomic E-state index is 13.7. The summed E-state index contributed by atoms with van der Waals surface area (Å²) in [7, 11) is -4.03. The highest BCUT2D eigenvalue weighted by atomic mass is 32.2. The van der Waals surface area contributed by atoms with Gasteiger partial charge in [0.25, 0.3) is 10.0 Å². The van der Waals surface area contributed by atoms with E-state index >= 15 is 0 Å². The zero-order valence-corrected chi connectivity index (χ0v) is 21.7. The van der Waals surface area contributed by atoms with E-state index in [0.717, 1.165) is 21.0 Å². The van der Waals surface area contributed by atoms with Crippen molar-refractivity contribution in [1.29, 1.82) is 0 Å². The summed E-state index contributed by atoms with van der Waals surface area (Å²) in [6, 6.07) is 32.0. The zero-order chi connectivity index (χ0) is 26.3. The van der Waals surface area contributed by atoms with Gasteiger partial charge in [0.2, 0.25) is 5.91 Å². The Morgan fingerprint density at radius 1 is 0.811 bits per heavy atom. The fourth-order valence-electron chi connectivity index (χ4n) is 4.01. The maximum atomic E-state index is 13.7. The summed E-state index contributed by atoms with van der Waals surface area (Å²) >= 11 is 0. The van der Waals surface area contributed by atoms with Crippen molar-refractivity contribution in [2.24, 2.45) is 0 Å². The van der Waals surface area contributed by atoms with Crippen LogP contribution in [0.4, 0.5) is 5.69 Å². The molecule has 190 valence electrons. The van der Waals surface area contributed by atoms with Crippen LogP contribution in [0, 0.1) is 6.92 Å². The summed E-state index contributed by atoms with van der Waals surface area (Å²) in [5.41, 5.74) is 3.32. The normalized spacial score (nSPS) is 11.9. The number of para-hydroxylation sites is 1. The monoisotopic (exact) mass is 514 g/mol. The van der Waals surface area contributed by atoms with Gasteiger partial charge in [-0.3, -0.25) is 9.10 Å². The fourth-order valence-corrected chi connectivity index (χ4v) is 5.43. The van der Waals surface area contributed by atoms with Crippen molar-refractivity contribution in [3.63, 3.8) is 0 Å². The summed E-state index contributed by atoms with van der Waals surface area (Å²) in [6.07, 6.45) is 0. The topological polar surface area (TPSA) is 75.7 Å². The molecule has 0 radical (unpaired) electrons. The van der Waals surface area contributed by atoms with Crippen LogP contribution in [0.5, 0.6) is 5.75 Å². The first-order valence-electron chi connectivity index (χ1n) is 12.1. The van der Waals surface area contributed by atoms with Crippen LogP contribution in [0.2, 0.25) is 0 Å². The molecule has 0 bridgehead atoms. The number of aryl methyl sites for hydroxylation is 1. The lowest BCUT2D eigenvalue weighted by Crippen LogP contribution is -2.42. The Labute approximate surface area is 218 Å². The predicted molar refractivity (Wildman–Crippen MR) is 146 cm³/mol. The van der Waals surface area contributed by atoms with Gasteiger partial charge in [-0.05, 0) is 61.4 Å². The Morgan fingerprint density at radius 3 is 1.97 bits per heavy atom. The Kier molecular flexibility index (Phi) is 8.25. The van der Waals surface area contributed by atoms with Crippen LogP contribution in [0.1, 0.15) is 29.7 Å². The minimum atomic E-state index is -4.03. The van der Waals surface area contributed by atoms with Gasteiger partial charge in [-0.1, -0.05) is 78.4 Å². The van der Waals surface area contributed by atoms with Crippen molar-refractivity contribution in [3.8, 4) is 5.75 Å². The Balaban J connectivity index is 1.64. The third-order valence-electron chi connectivity index (χ3n) is 5.90. The summed E-state index contributed by atoms with van der Waals surface area (Å²) < 4.78 is 34.0. The van der Waals surface area contributed by atoms with Crippen LogP contribution < -0.4 is 14.4 Å². The smallest absolute Gasteiger partial charge is 0.264 e. The van der Waals surface area contributed by atoms with E-state index in [1.807, 2.05) is 68.4 Å². The molecule has 0 saturated heterocycles. The number of sulfonamides is 1. The molecule has 0 unspecified atom stereocenters. The lowest BCUT2D eigenvalue weighted by atomic mass is 9.98. The number of amides is 1. The lowest BCUT2D eigenvalue weighted by molar-refractivity contribution is -0.120. The molecule has 37 heavy (non-hydrogen) atoms. The molecule has 1 atom stereocenters. The average Bonchev–Trinajstić information content (AvgIpc) is 2.92. The van der Waals surface area contributed by atoms with Crippen molar-refractivity contribution >= 4 is 21.6 Å². The molecule has 0 heterocycles. The minimum absolute atomic E-state index is 0.0748. The van der Waals surface area contributed by atoms with E-state index in [1.165, 1.54) is 12.1 Å². The van der Waals surface area contributed by atoms with Crippen LogP contribution in [0.25, 0.3) is 0 Å². The number of rotatable bonds is 10. The highest BCUT2D eigenvalue weighted by Gasteiger charge is 2.28. The van der Waals surface area contributed by atoms with E-state index in [0.29, 0.717) is 18.0 Å². The summed E-state index contributed by atoms with van der Waals surface area (Å²) in [4.78, 5) is 13.5. The second kappa shape index (κ2) is 11.8. The number of benzene rings is 4. The second-order valence-corrected chi connectivity index (χ2v) is 10.4. The number of anilines is 1. The molecule has 0 aromatic heterocycles. The molecular weight excluding hydrogens is 484 g/mol. The number of carbonyl (C=O) groups is 1. The van der Waals surface area contributed by atoms with Crippen LogP contribution in [-0.2, 0) is 14.8 Å². The Bertz CT molecular complexity index is 1410. The van der Waals surface area contributed by atoms with Gasteiger partial charge in [0, 0.05) is 0 Å². The first kappa shape index (κ1) is 26.0. The molecule has 0 fully saturated rings. The van der Waals surface area contributed by atoms with E-state index in [2.05, 4.69) is 5.32 Å². The van der Waals surface area contributed by atoms with Gasteiger partial charge in [0.1, 0.15) is 12.3 Å². The zero-order valence-electron chi connectivity index (χ0n) is 20.9. The average molecular weight is 515 g/mol. The van der Waals surface area contributed by atoms with Gasteiger partial charge in [-0.15, -0.1) is 0 Å². The van der Waals surface area contributed by atoms with Gasteiger partial charge in [-0.25, -0.2) is 8.42 Å². The molecule has 0 aliphatic heterocycles. The van der Waals surface area contributed by atoms with Crippen LogP contribution >= 0.6 is 0 Å². The molecule has 4 aromatic carbocycles. The number of hydrogen-bond donors (Lipinski definition) is 1. The molecule has 0 spiro atoms. The van der Waals surface area contributed by atoms with E-state index in [-0.39, 0.29) is 11.4 Å². The first-order chi connectivity index (χ1) is 17.9. The van der Waals surface area contributed by atoms with E-state index in [4.69, 9.17) is 4.74 Å². The van der Waals surface area contributed by atoms with E-state index in [1.54, 1.807) is 42.5 Å². The number of nitrogens with zero attached hydrogens (tertiary/aromatic N) is 1. The standard InChI is InChI=1S/C30H30N2O4S/c1-3-36-27-18-20-28(21-19-27)37(34,35)32(26-12-8-5-9-13-26)22-29(33)31-30(24-10-6-4-7-11-24)25-16-14-23(2)15-17-25/h4-21,30H,3,22H2,1-2H3,(H,31,33)/t30-/m1/s1. The van der Waals surface area contributed by atoms with Crippen LogP contribution in [0.3, 0.4) is 0 Å². The number of carbonyl (C=O) groups excluding carboxylic acids is 1. The van der Waals surface area contributed by atoms with Crippen molar-refractivity contribution in [2.75, 3.05) is 17.5 Å². The molecule has 4 aromatic rings. The molecule has 0 aliphatic rings. The first-order valence-corrected chi connectivity index (χ1v) is 13.5. The van der Waals surface area contributed by atoms with Gasteiger partial charge >= 0.3 is 0 Å². The number of ether oxygens (including phenoxy) is 1. The molecule has 7 heteroatoms. The molecule has 1 N–H and O–H groups in total. The molecule has 4 rings (SSSR count). The van der Waals surface area contributed by atoms with Crippen LogP contribution in [-0.4, -0.2) is 27.5 Å². The maximum Gasteiger partial charge on any atom is 0.264 e.